The molecule has 1 heterocycles. The van der Waals surface area contributed by atoms with Gasteiger partial charge in [-0.2, -0.15) is 0 Å². The Bertz CT molecular complexity index is 188. The van der Waals surface area contributed by atoms with Gasteiger partial charge >= 0.3 is 0 Å². The lowest BCUT2D eigenvalue weighted by molar-refractivity contribution is 0.0420. The lowest BCUT2D eigenvalue weighted by atomic mass is 9.95. The summed E-state index contributed by atoms with van der Waals surface area (Å²) in [5.74, 6) is 0.721. The highest BCUT2D eigenvalue weighted by atomic mass is 79.9. The lowest BCUT2D eigenvalue weighted by Gasteiger charge is -2.29. The first-order valence-corrected chi connectivity index (χ1v) is 6.49. The van der Waals surface area contributed by atoms with Crippen molar-refractivity contribution < 1.29 is 4.74 Å². The van der Waals surface area contributed by atoms with Gasteiger partial charge in [-0.05, 0) is 38.5 Å². The molecule has 14 heavy (non-hydrogen) atoms. The van der Waals surface area contributed by atoms with Gasteiger partial charge in [0.25, 0.3) is 0 Å². The summed E-state index contributed by atoms with van der Waals surface area (Å²) in [6.07, 6.45) is 5.21. The van der Waals surface area contributed by atoms with Gasteiger partial charge in [-0.25, -0.2) is 0 Å². The predicted molar refractivity (Wildman–Crippen MR) is 61.9 cm³/mol. The minimum absolute atomic E-state index is 0.441. The number of alkyl halides is 1. The van der Waals surface area contributed by atoms with E-state index in [9.17, 15) is 0 Å². The first kappa shape index (κ1) is 10.9. The molecule has 2 nitrogen and oxygen atoms in total. The van der Waals surface area contributed by atoms with Gasteiger partial charge in [0.2, 0.25) is 0 Å². The van der Waals surface area contributed by atoms with Crippen molar-refractivity contribution in [1.82, 2.24) is 5.32 Å². The van der Waals surface area contributed by atoms with E-state index in [4.69, 9.17) is 4.74 Å². The van der Waals surface area contributed by atoms with Crippen molar-refractivity contribution in [3.8, 4) is 0 Å². The van der Waals surface area contributed by atoms with E-state index in [0.29, 0.717) is 10.4 Å². The van der Waals surface area contributed by atoms with Crippen LogP contribution in [0, 0.1) is 5.92 Å². The quantitative estimate of drug-likeness (QED) is 0.785. The van der Waals surface area contributed by atoms with Gasteiger partial charge in [0.15, 0.2) is 0 Å². The third kappa shape index (κ3) is 2.94. The fourth-order valence-electron chi connectivity index (χ4n) is 1.98. The van der Waals surface area contributed by atoms with Gasteiger partial charge in [0, 0.05) is 23.5 Å². The highest BCUT2D eigenvalue weighted by Gasteiger charge is 2.39. The van der Waals surface area contributed by atoms with Crippen LogP contribution in [0.3, 0.4) is 0 Å². The molecule has 0 aromatic heterocycles. The third-order valence-corrected chi connectivity index (χ3v) is 4.51. The summed E-state index contributed by atoms with van der Waals surface area (Å²) in [5, 5.41) is 3.63. The van der Waals surface area contributed by atoms with E-state index in [1.807, 2.05) is 0 Å². The first-order valence-electron chi connectivity index (χ1n) is 5.70. The largest absolute Gasteiger partial charge is 0.381 e. The second-order valence-electron chi connectivity index (χ2n) is 4.80. The molecule has 2 rings (SSSR count). The SMILES string of the molecule is CC(NCC1(Br)CC1)C1CCCOC1. The first-order chi connectivity index (χ1) is 6.70. The summed E-state index contributed by atoms with van der Waals surface area (Å²) in [5.41, 5.74) is 0. The van der Waals surface area contributed by atoms with Crippen molar-refractivity contribution in [2.45, 2.75) is 43.0 Å². The summed E-state index contributed by atoms with van der Waals surface area (Å²) < 4.78 is 5.94. The molecule has 2 atom stereocenters. The molecule has 2 aliphatic rings. The maximum atomic E-state index is 5.50. The molecule has 2 unspecified atom stereocenters. The Balaban J connectivity index is 1.68. The van der Waals surface area contributed by atoms with Crippen molar-refractivity contribution in [3.63, 3.8) is 0 Å². The molecule has 0 aromatic carbocycles. The van der Waals surface area contributed by atoms with E-state index in [2.05, 4.69) is 28.2 Å². The molecule has 1 saturated heterocycles. The smallest absolute Gasteiger partial charge is 0.0509 e. The topological polar surface area (TPSA) is 21.3 Å². The van der Waals surface area contributed by atoms with Gasteiger partial charge in [0.05, 0.1) is 6.61 Å². The van der Waals surface area contributed by atoms with Crippen molar-refractivity contribution >= 4 is 15.9 Å². The Labute approximate surface area is 94.9 Å². The lowest BCUT2D eigenvalue weighted by Crippen LogP contribution is -2.40. The van der Waals surface area contributed by atoms with Crippen molar-refractivity contribution in [3.05, 3.63) is 0 Å². The van der Waals surface area contributed by atoms with Crippen LogP contribution >= 0.6 is 15.9 Å². The molecule has 1 saturated carbocycles. The van der Waals surface area contributed by atoms with Gasteiger partial charge in [-0.15, -0.1) is 0 Å². The number of hydrogen-bond acceptors (Lipinski definition) is 2. The Morgan fingerprint density at radius 1 is 1.57 bits per heavy atom. The highest BCUT2D eigenvalue weighted by molar-refractivity contribution is 9.10. The molecular weight excluding hydrogens is 242 g/mol. The Morgan fingerprint density at radius 3 is 2.93 bits per heavy atom. The molecule has 0 amide bonds. The van der Waals surface area contributed by atoms with Crippen LogP contribution in [0.1, 0.15) is 32.6 Å². The molecule has 2 fully saturated rings. The van der Waals surface area contributed by atoms with Crippen LogP contribution in [0.2, 0.25) is 0 Å². The van der Waals surface area contributed by atoms with E-state index in [0.717, 1.165) is 25.7 Å². The average Bonchev–Trinajstić information content (AvgIpc) is 2.95. The Hall–Kier alpha value is 0.400. The molecule has 0 spiro atoms. The fraction of sp³-hybridized carbons (Fsp3) is 1.00. The molecular formula is C11H20BrNO. The maximum Gasteiger partial charge on any atom is 0.0509 e. The van der Waals surface area contributed by atoms with Crippen molar-refractivity contribution in [2.24, 2.45) is 5.92 Å². The predicted octanol–water partition coefficient (Wildman–Crippen LogP) is 2.32. The van der Waals surface area contributed by atoms with Gasteiger partial charge in [-0.1, -0.05) is 15.9 Å². The normalized spacial score (nSPS) is 32.6. The van der Waals surface area contributed by atoms with Crippen LogP contribution in [0.5, 0.6) is 0 Å². The zero-order valence-electron chi connectivity index (χ0n) is 8.89. The summed E-state index contributed by atoms with van der Waals surface area (Å²) in [7, 11) is 0. The van der Waals surface area contributed by atoms with E-state index in [-0.39, 0.29) is 0 Å². The summed E-state index contributed by atoms with van der Waals surface area (Å²) in [6, 6.07) is 0.602. The Morgan fingerprint density at radius 2 is 2.36 bits per heavy atom. The number of nitrogens with one attached hydrogen (secondary N) is 1. The monoisotopic (exact) mass is 261 g/mol. The second-order valence-corrected chi connectivity index (χ2v) is 6.48. The van der Waals surface area contributed by atoms with Crippen LogP contribution in [0.15, 0.2) is 0 Å². The van der Waals surface area contributed by atoms with E-state index in [1.54, 1.807) is 0 Å². The number of halogens is 1. The van der Waals surface area contributed by atoms with Crippen molar-refractivity contribution in [1.29, 1.82) is 0 Å². The number of rotatable bonds is 4. The average molecular weight is 262 g/mol. The van der Waals surface area contributed by atoms with Gasteiger partial charge < -0.3 is 10.1 Å². The second kappa shape index (κ2) is 4.50. The molecule has 0 bridgehead atoms. The molecule has 3 heteroatoms. The van der Waals surface area contributed by atoms with Crippen LogP contribution in [0.4, 0.5) is 0 Å². The summed E-state index contributed by atoms with van der Waals surface area (Å²) in [4.78, 5) is 0. The molecule has 0 radical (unpaired) electrons. The fourth-order valence-corrected chi connectivity index (χ4v) is 2.34. The summed E-state index contributed by atoms with van der Waals surface area (Å²) in [6.45, 7) is 5.32. The van der Waals surface area contributed by atoms with Crippen LogP contribution in [0.25, 0.3) is 0 Å². The summed E-state index contributed by atoms with van der Waals surface area (Å²) >= 11 is 3.75. The van der Waals surface area contributed by atoms with E-state index < -0.39 is 0 Å². The van der Waals surface area contributed by atoms with E-state index >= 15 is 0 Å². The highest BCUT2D eigenvalue weighted by Crippen LogP contribution is 2.43. The molecule has 82 valence electrons. The van der Waals surface area contributed by atoms with Crippen LogP contribution < -0.4 is 5.32 Å². The molecule has 0 aromatic rings. The Kier molecular flexibility index (Phi) is 3.50. The zero-order valence-corrected chi connectivity index (χ0v) is 10.5. The number of hydrogen-bond donors (Lipinski definition) is 1. The minimum atomic E-state index is 0.441. The maximum absolute atomic E-state index is 5.50. The molecule has 1 aliphatic carbocycles. The van der Waals surface area contributed by atoms with Crippen LogP contribution in [-0.4, -0.2) is 30.1 Å². The zero-order chi connectivity index (χ0) is 10.0. The van der Waals surface area contributed by atoms with E-state index in [1.165, 1.54) is 25.7 Å². The minimum Gasteiger partial charge on any atom is -0.381 e. The third-order valence-electron chi connectivity index (χ3n) is 3.44. The van der Waals surface area contributed by atoms with Crippen molar-refractivity contribution in [2.75, 3.05) is 19.8 Å². The standard InChI is InChI=1S/C11H20BrNO/c1-9(10-3-2-6-14-7-10)13-8-11(12)4-5-11/h9-10,13H,2-8H2,1H3. The molecule has 1 N–H and O–H groups in total. The van der Waals surface area contributed by atoms with Gasteiger partial charge in [-0.3, -0.25) is 0 Å². The molecule has 1 aliphatic heterocycles. The number of ether oxygens (including phenoxy) is 1. The van der Waals surface area contributed by atoms with Gasteiger partial charge in [0.1, 0.15) is 0 Å². The van der Waals surface area contributed by atoms with Crippen LogP contribution in [-0.2, 0) is 4.74 Å².